The zero-order chi connectivity index (χ0) is 14.3. The van der Waals surface area contributed by atoms with Gasteiger partial charge in [-0.3, -0.25) is 0 Å². The van der Waals surface area contributed by atoms with Crippen LogP contribution in [0.25, 0.3) is 22.4 Å². The maximum absolute atomic E-state index is 5.97. The number of benzene rings is 1. The van der Waals surface area contributed by atoms with Crippen molar-refractivity contribution in [1.82, 2.24) is 5.16 Å². The highest BCUT2D eigenvalue weighted by atomic mass is 79.9. The van der Waals surface area contributed by atoms with Gasteiger partial charge in [0.05, 0.1) is 9.35 Å². The van der Waals surface area contributed by atoms with Crippen LogP contribution >= 0.6 is 27.3 Å². The summed E-state index contributed by atoms with van der Waals surface area (Å²) in [7, 11) is 0. The number of aromatic nitrogens is 1. The van der Waals surface area contributed by atoms with Crippen molar-refractivity contribution < 1.29 is 4.52 Å². The van der Waals surface area contributed by atoms with Gasteiger partial charge in [-0.05, 0) is 52.5 Å². The zero-order valence-electron chi connectivity index (χ0n) is 11.1. The molecule has 0 unspecified atom stereocenters. The van der Waals surface area contributed by atoms with Crippen molar-refractivity contribution in [2.24, 2.45) is 0 Å². The van der Waals surface area contributed by atoms with Crippen molar-refractivity contribution >= 4 is 33.2 Å². The topological polar surface area (TPSA) is 52.0 Å². The zero-order valence-corrected chi connectivity index (χ0v) is 13.5. The lowest BCUT2D eigenvalue weighted by atomic mass is 9.99. The second-order valence-corrected chi connectivity index (χ2v) is 7.00. The predicted molar refractivity (Wildman–Crippen MR) is 86.8 cm³/mol. The predicted octanol–water partition coefficient (Wildman–Crippen LogP) is 5.03. The lowest BCUT2D eigenvalue weighted by molar-refractivity contribution is 0.439. The molecule has 0 aliphatic heterocycles. The van der Waals surface area contributed by atoms with Gasteiger partial charge < -0.3 is 10.3 Å². The van der Waals surface area contributed by atoms with Crippen LogP contribution in [0.5, 0.6) is 0 Å². The van der Waals surface area contributed by atoms with Crippen molar-refractivity contribution in [3.63, 3.8) is 0 Å². The van der Waals surface area contributed by atoms with Crippen LogP contribution in [0.2, 0.25) is 0 Å². The monoisotopic (exact) mass is 348 g/mol. The van der Waals surface area contributed by atoms with Gasteiger partial charge in [0.2, 0.25) is 5.88 Å². The molecule has 0 saturated carbocycles. The van der Waals surface area contributed by atoms with E-state index in [9.17, 15) is 0 Å². The summed E-state index contributed by atoms with van der Waals surface area (Å²) >= 11 is 5.08. The van der Waals surface area contributed by atoms with Crippen LogP contribution in [0.4, 0.5) is 5.88 Å². The van der Waals surface area contributed by atoms with Crippen LogP contribution in [-0.4, -0.2) is 5.16 Å². The molecule has 3 nitrogen and oxygen atoms in total. The molecule has 0 saturated heterocycles. The number of nitrogen functional groups attached to an aromatic ring is 1. The van der Waals surface area contributed by atoms with Crippen LogP contribution in [0.1, 0.15) is 11.1 Å². The lowest BCUT2D eigenvalue weighted by Crippen LogP contribution is -1.89. The van der Waals surface area contributed by atoms with Gasteiger partial charge in [-0.1, -0.05) is 23.4 Å². The third-order valence-electron chi connectivity index (χ3n) is 3.35. The van der Waals surface area contributed by atoms with Gasteiger partial charge in [0.1, 0.15) is 5.69 Å². The fourth-order valence-electron chi connectivity index (χ4n) is 2.11. The first-order valence-corrected chi connectivity index (χ1v) is 7.80. The normalized spacial score (nSPS) is 10.9. The molecule has 0 aliphatic carbocycles. The fourth-order valence-corrected chi connectivity index (χ4v) is 3.25. The fraction of sp³-hybridized carbons (Fsp3) is 0.133. The van der Waals surface area contributed by atoms with Crippen molar-refractivity contribution in [3.8, 4) is 22.4 Å². The van der Waals surface area contributed by atoms with Crippen molar-refractivity contribution in [2.75, 3.05) is 5.73 Å². The Hall–Kier alpha value is -1.59. The van der Waals surface area contributed by atoms with Gasteiger partial charge in [-0.15, -0.1) is 11.3 Å². The first kappa shape index (κ1) is 13.4. The van der Waals surface area contributed by atoms with Crippen LogP contribution in [0.15, 0.2) is 38.0 Å². The van der Waals surface area contributed by atoms with Gasteiger partial charge >= 0.3 is 0 Å². The van der Waals surface area contributed by atoms with E-state index < -0.39 is 0 Å². The Morgan fingerprint density at radius 2 is 1.95 bits per heavy atom. The van der Waals surface area contributed by atoms with Crippen molar-refractivity contribution in [2.45, 2.75) is 13.8 Å². The Bertz CT molecular complexity index is 776. The Morgan fingerprint density at radius 3 is 2.60 bits per heavy atom. The second-order valence-electron chi connectivity index (χ2n) is 4.71. The highest BCUT2D eigenvalue weighted by Crippen LogP contribution is 2.39. The minimum absolute atomic E-state index is 0.352. The van der Waals surface area contributed by atoms with E-state index in [1.165, 1.54) is 11.1 Å². The minimum Gasteiger partial charge on any atom is -0.367 e. The summed E-state index contributed by atoms with van der Waals surface area (Å²) in [5, 5.41) is 6.15. The molecular formula is C15H13BrN2OS. The van der Waals surface area contributed by atoms with Crippen LogP contribution < -0.4 is 5.73 Å². The summed E-state index contributed by atoms with van der Waals surface area (Å²) in [5.41, 5.74) is 12.1. The number of anilines is 1. The van der Waals surface area contributed by atoms with Crippen LogP contribution in [0.3, 0.4) is 0 Å². The van der Waals surface area contributed by atoms with Crippen LogP contribution in [0, 0.1) is 13.8 Å². The van der Waals surface area contributed by atoms with E-state index in [1.54, 1.807) is 11.3 Å². The molecule has 0 radical (unpaired) electrons. The number of halogens is 1. The standard InChI is InChI=1S/C15H13BrN2OS/c1-8-3-4-10(5-9(8)2)13-14(18-19-15(13)17)11-6-12(16)20-7-11/h3-7H,17H2,1-2H3. The molecule has 0 bridgehead atoms. The Balaban J connectivity index is 2.18. The summed E-state index contributed by atoms with van der Waals surface area (Å²) in [6, 6.07) is 8.27. The molecule has 0 aliphatic rings. The van der Waals surface area contributed by atoms with E-state index in [2.05, 4.69) is 53.1 Å². The lowest BCUT2D eigenvalue weighted by Gasteiger charge is -2.05. The average Bonchev–Trinajstić information content (AvgIpc) is 2.99. The van der Waals surface area contributed by atoms with Gasteiger partial charge in [0.15, 0.2) is 0 Å². The molecule has 3 rings (SSSR count). The molecular weight excluding hydrogens is 336 g/mol. The number of thiophene rings is 1. The molecule has 0 fully saturated rings. The summed E-state index contributed by atoms with van der Waals surface area (Å²) < 4.78 is 6.26. The largest absolute Gasteiger partial charge is 0.367 e. The third-order valence-corrected chi connectivity index (χ3v) is 4.86. The maximum Gasteiger partial charge on any atom is 0.230 e. The number of rotatable bonds is 2. The molecule has 1 aromatic carbocycles. The summed E-state index contributed by atoms with van der Waals surface area (Å²) in [4.78, 5) is 0. The number of nitrogens with zero attached hydrogens (tertiary/aromatic N) is 1. The van der Waals surface area contributed by atoms with E-state index in [1.807, 2.05) is 11.4 Å². The van der Waals surface area contributed by atoms with Gasteiger partial charge in [-0.2, -0.15) is 0 Å². The molecule has 2 heterocycles. The number of nitrogens with two attached hydrogens (primary N) is 1. The molecule has 102 valence electrons. The molecule has 5 heteroatoms. The van der Waals surface area contributed by atoms with E-state index in [0.717, 1.165) is 26.2 Å². The second kappa shape index (κ2) is 5.07. The van der Waals surface area contributed by atoms with E-state index in [4.69, 9.17) is 10.3 Å². The van der Waals surface area contributed by atoms with E-state index in [-0.39, 0.29) is 0 Å². The number of hydrogen-bond acceptors (Lipinski definition) is 4. The highest BCUT2D eigenvalue weighted by Gasteiger charge is 2.18. The summed E-state index contributed by atoms with van der Waals surface area (Å²) in [6.45, 7) is 4.18. The third kappa shape index (κ3) is 2.27. The summed E-state index contributed by atoms with van der Waals surface area (Å²) in [6.07, 6.45) is 0. The molecule has 2 aromatic heterocycles. The molecule has 20 heavy (non-hydrogen) atoms. The van der Waals surface area contributed by atoms with Gasteiger partial charge in [-0.25, -0.2) is 0 Å². The average molecular weight is 349 g/mol. The van der Waals surface area contributed by atoms with Crippen molar-refractivity contribution in [1.29, 1.82) is 0 Å². The molecule has 0 amide bonds. The maximum atomic E-state index is 5.97. The number of hydrogen-bond donors (Lipinski definition) is 1. The first-order chi connectivity index (χ1) is 9.56. The first-order valence-electron chi connectivity index (χ1n) is 6.13. The Labute approximate surface area is 129 Å². The van der Waals surface area contributed by atoms with Crippen molar-refractivity contribution in [3.05, 3.63) is 44.6 Å². The molecule has 2 N–H and O–H groups in total. The summed E-state index contributed by atoms with van der Waals surface area (Å²) in [5.74, 6) is 0.352. The smallest absolute Gasteiger partial charge is 0.230 e. The van der Waals surface area contributed by atoms with Crippen LogP contribution in [-0.2, 0) is 0 Å². The SMILES string of the molecule is Cc1ccc(-c2c(-c3csc(Br)c3)noc2N)cc1C. The molecule has 0 spiro atoms. The number of aryl methyl sites for hydroxylation is 2. The Morgan fingerprint density at radius 1 is 1.15 bits per heavy atom. The molecule has 0 atom stereocenters. The van der Waals surface area contributed by atoms with E-state index in [0.29, 0.717) is 5.88 Å². The quantitative estimate of drug-likeness (QED) is 0.706. The molecule has 3 aromatic rings. The Kier molecular flexibility index (Phi) is 3.40. The van der Waals surface area contributed by atoms with E-state index >= 15 is 0 Å². The van der Waals surface area contributed by atoms with Gasteiger partial charge in [0, 0.05) is 10.9 Å². The highest BCUT2D eigenvalue weighted by molar-refractivity contribution is 9.11. The minimum atomic E-state index is 0.352. The van der Waals surface area contributed by atoms with Gasteiger partial charge in [0.25, 0.3) is 0 Å².